The predicted octanol–water partition coefficient (Wildman–Crippen LogP) is 3.27. The first-order chi connectivity index (χ1) is 16.7. The molecule has 0 saturated carbocycles. The molecular formula is C20H23N3O11S. The molecule has 2 aromatic heterocycles. The summed E-state index contributed by atoms with van der Waals surface area (Å²) in [5.74, 6) is -3.00. The number of aromatic hydroxyl groups is 2. The molecule has 1 aliphatic heterocycles. The van der Waals surface area contributed by atoms with Crippen molar-refractivity contribution in [2.45, 2.75) is 26.7 Å². The Morgan fingerprint density at radius 1 is 1.17 bits per heavy atom. The molecule has 1 fully saturated rings. The average Bonchev–Trinajstić information content (AvgIpc) is 3.55. The number of cyclic esters (lactones) is 1. The van der Waals surface area contributed by atoms with Gasteiger partial charge in [0.1, 0.15) is 11.5 Å². The maximum Gasteiger partial charge on any atom is 0.433 e. The number of furan rings is 1. The van der Waals surface area contributed by atoms with E-state index in [-0.39, 0.29) is 41.2 Å². The Labute approximate surface area is 202 Å². The molecule has 0 spiro atoms. The van der Waals surface area contributed by atoms with Gasteiger partial charge in [0.25, 0.3) is 0 Å². The first-order valence-electron chi connectivity index (χ1n) is 10.3. The number of hydrogen-bond acceptors (Lipinski definition) is 13. The molecule has 0 aromatic carbocycles. The largest absolute Gasteiger partial charge is 0.503 e. The van der Waals surface area contributed by atoms with Crippen LogP contribution in [0.5, 0.6) is 11.5 Å². The van der Waals surface area contributed by atoms with Gasteiger partial charge >= 0.3 is 23.9 Å². The highest BCUT2D eigenvalue weighted by Gasteiger charge is 2.28. The Bertz CT molecular complexity index is 1050. The van der Waals surface area contributed by atoms with Gasteiger partial charge in [-0.25, -0.2) is 14.4 Å². The summed E-state index contributed by atoms with van der Waals surface area (Å²) < 4.78 is 19.1. The molecule has 1 saturated heterocycles. The number of carbonyl (C=O) groups is 3. The second kappa shape index (κ2) is 12.9. The summed E-state index contributed by atoms with van der Waals surface area (Å²) >= 11 is 0.654. The van der Waals surface area contributed by atoms with Crippen LogP contribution in [0, 0.1) is 10.1 Å². The summed E-state index contributed by atoms with van der Waals surface area (Å²) in [5, 5.41) is 34.4. The van der Waals surface area contributed by atoms with Crippen LogP contribution in [-0.2, 0) is 14.2 Å². The van der Waals surface area contributed by atoms with E-state index in [1.54, 1.807) is 0 Å². The Morgan fingerprint density at radius 3 is 2.17 bits per heavy atom. The van der Waals surface area contributed by atoms with E-state index in [2.05, 4.69) is 9.84 Å². The quantitative estimate of drug-likeness (QED) is 0.164. The second-order valence-electron chi connectivity index (χ2n) is 6.64. The summed E-state index contributed by atoms with van der Waals surface area (Å²) in [7, 11) is 0. The Kier molecular flexibility index (Phi) is 10.0. The molecule has 0 aliphatic carbocycles. The van der Waals surface area contributed by atoms with Gasteiger partial charge in [-0.05, 0) is 18.9 Å². The van der Waals surface area contributed by atoms with E-state index in [1.807, 2.05) is 13.8 Å². The summed E-state index contributed by atoms with van der Waals surface area (Å²) in [6.45, 7) is 4.70. The molecule has 190 valence electrons. The fourth-order valence-corrected chi connectivity index (χ4v) is 3.21. The SMILES string of the molecule is CCCOC(=O)c1sc(C(=O)OCCC)c(O)c1O.O=C1OCCN1/N=C/c1ccc([N+](=O)[O-])o1. The Hall–Kier alpha value is -4.14. The highest BCUT2D eigenvalue weighted by atomic mass is 32.1. The van der Waals surface area contributed by atoms with Gasteiger partial charge < -0.3 is 28.8 Å². The normalized spacial score (nSPS) is 12.7. The van der Waals surface area contributed by atoms with Gasteiger partial charge in [0.15, 0.2) is 27.0 Å². The number of hydrazone groups is 1. The highest BCUT2D eigenvalue weighted by molar-refractivity contribution is 7.16. The lowest BCUT2D eigenvalue weighted by Crippen LogP contribution is -2.17. The standard InChI is InChI=1S/C12H16O6S.C8H7N3O5/c1-3-5-17-11(15)9-7(13)8(14)10(19-9)12(16)18-6-4-2;12-8-10(3-4-15-8)9-5-6-1-2-7(16-6)11(13)14/h13-14H,3-6H2,1-2H3;1-2,5H,3-4H2/b;9-5+. The summed E-state index contributed by atoms with van der Waals surface area (Å²) in [6, 6.07) is 2.60. The smallest absolute Gasteiger partial charge is 0.433 e. The number of hydrogen-bond donors (Lipinski definition) is 2. The number of rotatable bonds is 9. The molecule has 0 bridgehead atoms. The van der Waals surface area contributed by atoms with Gasteiger partial charge in [-0.3, -0.25) is 10.1 Å². The second-order valence-corrected chi connectivity index (χ2v) is 7.67. The highest BCUT2D eigenvalue weighted by Crippen LogP contribution is 2.41. The van der Waals surface area contributed by atoms with Crippen LogP contribution in [0.1, 0.15) is 51.8 Å². The van der Waals surface area contributed by atoms with E-state index < -0.39 is 34.5 Å². The topological polar surface area (TPSA) is 191 Å². The number of carbonyl (C=O) groups excluding carboxylic acids is 3. The zero-order chi connectivity index (χ0) is 26.0. The van der Waals surface area contributed by atoms with Crippen molar-refractivity contribution in [3.05, 3.63) is 37.8 Å². The van der Waals surface area contributed by atoms with Crippen LogP contribution in [0.2, 0.25) is 0 Å². The van der Waals surface area contributed by atoms with Crippen LogP contribution in [-0.4, -0.2) is 70.8 Å². The third kappa shape index (κ3) is 7.43. The Morgan fingerprint density at radius 2 is 1.74 bits per heavy atom. The minimum absolute atomic E-state index is 0.200. The minimum atomic E-state index is -0.769. The van der Waals surface area contributed by atoms with Crippen LogP contribution < -0.4 is 0 Å². The van der Waals surface area contributed by atoms with Gasteiger partial charge in [0.05, 0.1) is 32.0 Å². The molecule has 0 atom stereocenters. The molecule has 3 heterocycles. The van der Waals surface area contributed by atoms with E-state index in [0.717, 1.165) is 5.01 Å². The molecule has 0 radical (unpaired) electrons. The molecule has 2 aromatic rings. The Balaban J connectivity index is 0.000000250. The van der Waals surface area contributed by atoms with E-state index in [9.17, 15) is 34.7 Å². The van der Waals surface area contributed by atoms with Gasteiger partial charge in [-0.15, -0.1) is 11.3 Å². The minimum Gasteiger partial charge on any atom is -0.503 e. The van der Waals surface area contributed by atoms with E-state index >= 15 is 0 Å². The van der Waals surface area contributed by atoms with E-state index in [4.69, 9.17) is 13.9 Å². The van der Waals surface area contributed by atoms with Gasteiger partial charge in [0.2, 0.25) is 0 Å². The van der Waals surface area contributed by atoms with Gasteiger partial charge in [-0.2, -0.15) is 10.1 Å². The van der Waals surface area contributed by atoms with Crippen molar-refractivity contribution >= 4 is 41.5 Å². The van der Waals surface area contributed by atoms with E-state index in [0.29, 0.717) is 30.7 Å². The first-order valence-corrected chi connectivity index (χ1v) is 11.1. The number of thiophene rings is 1. The van der Waals surface area contributed by atoms with Crippen LogP contribution in [0.3, 0.4) is 0 Å². The van der Waals surface area contributed by atoms with Crippen molar-refractivity contribution < 1.29 is 48.1 Å². The van der Waals surface area contributed by atoms with Crippen LogP contribution in [0.15, 0.2) is 21.7 Å². The number of nitro groups is 1. The maximum atomic E-state index is 11.6. The van der Waals surface area contributed by atoms with Crippen LogP contribution in [0.4, 0.5) is 10.7 Å². The van der Waals surface area contributed by atoms with Crippen molar-refractivity contribution in [1.29, 1.82) is 0 Å². The molecule has 3 rings (SSSR count). The number of ether oxygens (including phenoxy) is 3. The number of nitrogens with zero attached hydrogens (tertiary/aromatic N) is 3. The lowest BCUT2D eigenvalue weighted by atomic mass is 10.3. The van der Waals surface area contributed by atoms with Crippen molar-refractivity contribution in [3.8, 4) is 11.5 Å². The summed E-state index contributed by atoms with van der Waals surface area (Å²) in [4.78, 5) is 43.4. The van der Waals surface area contributed by atoms with Crippen molar-refractivity contribution in [1.82, 2.24) is 5.01 Å². The molecule has 35 heavy (non-hydrogen) atoms. The molecular weight excluding hydrogens is 490 g/mol. The maximum absolute atomic E-state index is 11.6. The average molecular weight is 513 g/mol. The third-order valence-electron chi connectivity index (χ3n) is 3.96. The molecule has 0 unspecified atom stereocenters. The molecule has 1 aliphatic rings. The molecule has 1 amide bonds. The molecule has 14 nitrogen and oxygen atoms in total. The van der Waals surface area contributed by atoms with Crippen LogP contribution >= 0.6 is 11.3 Å². The molecule has 2 N–H and O–H groups in total. The summed E-state index contributed by atoms with van der Waals surface area (Å²) in [6.07, 6.45) is 1.95. The summed E-state index contributed by atoms with van der Waals surface area (Å²) in [5.41, 5.74) is 0. The predicted molar refractivity (Wildman–Crippen MR) is 120 cm³/mol. The van der Waals surface area contributed by atoms with Gasteiger partial charge in [-0.1, -0.05) is 13.8 Å². The lowest BCUT2D eigenvalue weighted by molar-refractivity contribution is -0.402. The zero-order valence-corrected chi connectivity index (χ0v) is 19.6. The number of esters is 2. The van der Waals surface area contributed by atoms with Crippen LogP contribution in [0.25, 0.3) is 0 Å². The van der Waals surface area contributed by atoms with Crippen molar-refractivity contribution in [3.63, 3.8) is 0 Å². The lowest BCUT2D eigenvalue weighted by Gasteiger charge is -2.01. The number of amides is 1. The third-order valence-corrected chi connectivity index (χ3v) is 5.09. The first kappa shape index (κ1) is 27.1. The molecule has 15 heteroatoms. The van der Waals surface area contributed by atoms with Crippen molar-refractivity contribution in [2.75, 3.05) is 26.4 Å². The van der Waals surface area contributed by atoms with Crippen molar-refractivity contribution in [2.24, 2.45) is 5.10 Å². The monoisotopic (exact) mass is 513 g/mol. The van der Waals surface area contributed by atoms with E-state index in [1.165, 1.54) is 18.3 Å². The van der Waals surface area contributed by atoms with Gasteiger partial charge in [0, 0.05) is 0 Å². The fraction of sp³-hybridized carbons (Fsp3) is 0.400. The zero-order valence-electron chi connectivity index (χ0n) is 18.8. The fourth-order valence-electron chi connectivity index (χ4n) is 2.34.